The van der Waals surface area contributed by atoms with E-state index in [2.05, 4.69) is 21.3 Å². The van der Waals surface area contributed by atoms with Crippen molar-refractivity contribution >= 4 is 11.2 Å². The molecule has 0 aliphatic carbocycles. The van der Waals surface area contributed by atoms with Crippen molar-refractivity contribution in [1.29, 1.82) is 0 Å². The number of nitrogens with two attached hydrogens (primary N) is 1. The number of aliphatic hydroxyl groups excluding tert-OH is 1. The van der Waals surface area contributed by atoms with E-state index in [1.807, 2.05) is 11.5 Å². The van der Waals surface area contributed by atoms with Crippen molar-refractivity contribution < 1.29 is 42.6 Å². The summed E-state index contributed by atoms with van der Waals surface area (Å²) in [5.41, 5.74) is 8.09. The van der Waals surface area contributed by atoms with E-state index in [0.29, 0.717) is 12.1 Å². The fraction of sp³-hybridized carbons (Fsp3) is 0.545. The van der Waals surface area contributed by atoms with E-state index in [4.69, 9.17) is 15.6 Å². The minimum atomic E-state index is -0.334. The molecule has 19 heavy (non-hydrogen) atoms. The second kappa shape index (κ2) is 5.89. The van der Waals surface area contributed by atoms with Crippen molar-refractivity contribution in [1.82, 2.24) is 19.5 Å². The Balaban J connectivity index is 0.00000133. The molecule has 0 spiro atoms. The molecule has 1 radical (unpaired) electrons. The smallest absolute Gasteiger partial charge is 0.128 e. The van der Waals surface area contributed by atoms with Crippen molar-refractivity contribution in [3.63, 3.8) is 0 Å². The molecule has 0 bridgehead atoms. The Morgan fingerprint density at radius 2 is 2.37 bits per heavy atom. The standard InChI is InChI=1S/C11H14N5O2.Y/c1-6-10-11(14-4-13-6)16(5-15-10)9-2-7(12)8(3-17)18-9;/h5,7-9,17H,2-3,12H2,1H3;/q-1;/t7-,8-,9-;/m1./s1. The van der Waals surface area contributed by atoms with Gasteiger partial charge in [-0.3, -0.25) is 4.98 Å². The van der Waals surface area contributed by atoms with Gasteiger partial charge < -0.3 is 30.1 Å². The predicted octanol–water partition coefficient (Wildman–Crippen LogP) is -0.460. The molecule has 3 atom stereocenters. The minimum absolute atomic E-state index is 0. The number of rotatable bonds is 2. The van der Waals surface area contributed by atoms with Crippen LogP contribution in [0.5, 0.6) is 0 Å². The maximum absolute atomic E-state index is 9.15. The molecule has 0 unspecified atom stereocenters. The second-order valence-corrected chi connectivity index (χ2v) is 4.44. The van der Waals surface area contributed by atoms with Crippen LogP contribution < -0.4 is 5.73 Å². The molecule has 0 amide bonds. The molecular formula is C11H14N5O2Y-. The second-order valence-electron chi connectivity index (χ2n) is 4.44. The summed E-state index contributed by atoms with van der Waals surface area (Å²) in [7, 11) is 0. The van der Waals surface area contributed by atoms with Gasteiger partial charge in [0.1, 0.15) is 6.23 Å². The van der Waals surface area contributed by atoms with Crippen LogP contribution in [0.4, 0.5) is 0 Å². The summed E-state index contributed by atoms with van der Waals surface area (Å²) in [4.78, 5) is 12.4. The van der Waals surface area contributed by atoms with Gasteiger partial charge in [0.15, 0.2) is 0 Å². The molecule has 2 aromatic rings. The average Bonchev–Trinajstić information content (AvgIpc) is 2.93. The number of ether oxygens (including phenoxy) is 1. The topological polar surface area (TPSA) is 99.1 Å². The number of nitrogens with zero attached hydrogens (tertiary/aromatic N) is 4. The largest absolute Gasteiger partial charge is 0.394 e. The van der Waals surface area contributed by atoms with Crippen molar-refractivity contribution in [3.8, 4) is 0 Å². The normalized spacial score (nSPS) is 26.6. The summed E-state index contributed by atoms with van der Waals surface area (Å²) in [6.45, 7) is 1.78. The number of fused-ring (bicyclic) bond motifs is 1. The van der Waals surface area contributed by atoms with Crippen molar-refractivity contribution in [3.05, 3.63) is 18.3 Å². The third-order valence-electron chi connectivity index (χ3n) is 3.26. The Bertz CT molecular complexity index is 575. The fourth-order valence-corrected chi connectivity index (χ4v) is 2.23. The third-order valence-corrected chi connectivity index (χ3v) is 3.26. The molecule has 2 aromatic heterocycles. The fourth-order valence-electron chi connectivity index (χ4n) is 2.23. The number of aryl methyl sites for hydroxylation is 1. The van der Waals surface area contributed by atoms with Gasteiger partial charge in [0.2, 0.25) is 0 Å². The molecule has 3 rings (SSSR count). The predicted molar refractivity (Wildman–Crippen MR) is 62.5 cm³/mol. The molecule has 0 saturated carbocycles. The number of hydrogen-bond donors (Lipinski definition) is 2. The summed E-state index contributed by atoms with van der Waals surface area (Å²) < 4.78 is 7.50. The molecule has 3 N–H and O–H groups in total. The summed E-state index contributed by atoms with van der Waals surface area (Å²) in [6.07, 6.45) is 4.30. The van der Waals surface area contributed by atoms with Crippen LogP contribution in [0.1, 0.15) is 18.3 Å². The van der Waals surface area contributed by atoms with Crippen LogP contribution in [0.3, 0.4) is 0 Å². The van der Waals surface area contributed by atoms with Gasteiger partial charge in [-0.2, -0.15) is 0 Å². The van der Waals surface area contributed by atoms with E-state index in [1.165, 1.54) is 0 Å². The Morgan fingerprint density at radius 1 is 1.58 bits per heavy atom. The average molecular weight is 337 g/mol. The monoisotopic (exact) mass is 337 g/mol. The number of aromatic nitrogens is 4. The summed E-state index contributed by atoms with van der Waals surface area (Å²) in [5.74, 6) is 0. The van der Waals surface area contributed by atoms with Gasteiger partial charge in [-0.05, 0) is 5.69 Å². The first kappa shape index (κ1) is 14.9. The van der Waals surface area contributed by atoms with Crippen LogP contribution in [0, 0.1) is 13.3 Å². The number of aliphatic hydroxyl groups is 1. The zero-order chi connectivity index (χ0) is 12.7. The zero-order valence-electron chi connectivity index (χ0n) is 10.5. The maximum Gasteiger partial charge on any atom is 0.128 e. The van der Waals surface area contributed by atoms with Crippen LogP contribution >= 0.6 is 0 Å². The van der Waals surface area contributed by atoms with Crippen molar-refractivity contribution in [2.45, 2.75) is 31.7 Å². The van der Waals surface area contributed by atoms with E-state index in [9.17, 15) is 0 Å². The number of imidazole rings is 1. The van der Waals surface area contributed by atoms with Gasteiger partial charge in [0.05, 0.1) is 24.7 Å². The maximum atomic E-state index is 9.15. The Morgan fingerprint density at radius 3 is 3.05 bits per heavy atom. The minimum Gasteiger partial charge on any atom is -0.394 e. The molecule has 1 fully saturated rings. The van der Waals surface area contributed by atoms with Crippen LogP contribution in [-0.2, 0) is 37.4 Å². The van der Waals surface area contributed by atoms with E-state index >= 15 is 0 Å². The molecular weight excluding hydrogens is 323 g/mol. The third kappa shape index (κ3) is 2.58. The summed E-state index contributed by atoms with van der Waals surface area (Å²) in [6, 6.07) is -0.177. The molecule has 1 aliphatic rings. The van der Waals surface area contributed by atoms with Crippen LogP contribution in [0.25, 0.3) is 11.2 Å². The summed E-state index contributed by atoms with van der Waals surface area (Å²) in [5, 5.41) is 9.15. The molecule has 0 aromatic carbocycles. The molecule has 8 heteroatoms. The first-order valence-electron chi connectivity index (χ1n) is 5.80. The Labute approximate surface area is 135 Å². The molecule has 99 valence electrons. The molecule has 7 nitrogen and oxygen atoms in total. The van der Waals surface area contributed by atoms with Gasteiger partial charge in [0.25, 0.3) is 0 Å². The van der Waals surface area contributed by atoms with E-state index in [-0.39, 0.29) is 57.7 Å². The quantitative estimate of drug-likeness (QED) is 0.720. The first-order valence-corrected chi connectivity index (χ1v) is 5.80. The van der Waals surface area contributed by atoms with Gasteiger partial charge in [0, 0.05) is 57.0 Å². The van der Waals surface area contributed by atoms with Gasteiger partial charge >= 0.3 is 0 Å². The first-order chi connectivity index (χ1) is 8.70. The molecule has 3 heterocycles. The molecule has 1 saturated heterocycles. The van der Waals surface area contributed by atoms with E-state index in [0.717, 1.165) is 11.2 Å². The van der Waals surface area contributed by atoms with Crippen molar-refractivity contribution in [2.75, 3.05) is 6.61 Å². The SMILES string of the molecule is Cc1n[c-]nc2c1ncn2[C@H]1C[C@@H](N)[C@@H](CO)O1.[Y]. The van der Waals surface area contributed by atoms with Gasteiger partial charge in [-0.25, -0.2) is 0 Å². The summed E-state index contributed by atoms with van der Waals surface area (Å²) >= 11 is 0. The molecule has 1 aliphatic heterocycles. The van der Waals surface area contributed by atoms with Crippen LogP contribution in [0.15, 0.2) is 6.33 Å². The Hall–Kier alpha value is -0.466. The van der Waals surface area contributed by atoms with Crippen LogP contribution in [-0.4, -0.2) is 43.4 Å². The zero-order valence-corrected chi connectivity index (χ0v) is 13.4. The van der Waals surface area contributed by atoms with Gasteiger partial charge in [-0.15, -0.1) is 0 Å². The van der Waals surface area contributed by atoms with E-state index < -0.39 is 0 Å². The van der Waals surface area contributed by atoms with Crippen molar-refractivity contribution in [2.24, 2.45) is 5.73 Å². The number of hydrogen-bond acceptors (Lipinski definition) is 6. The van der Waals surface area contributed by atoms with Gasteiger partial charge in [-0.1, -0.05) is 6.92 Å². The Kier molecular flexibility index (Phi) is 4.63. The van der Waals surface area contributed by atoms with Crippen LogP contribution in [0.2, 0.25) is 0 Å². The van der Waals surface area contributed by atoms with E-state index in [1.54, 1.807) is 6.33 Å².